The lowest BCUT2D eigenvalue weighted by atomic mass is 10.3. The van der Waals surface area contributed by atoms with Crippen LogP contribution in [0, 0.1) is 0 Å². The minimum Gasteiger partial charge on any atom is -0.497 e. The lowest BCUT2D eigenvalue weighted by Gasteiger charge is -2.12. The van der Waals surface area contributed by atoms with Gasteiger partial charge in [0.05, 0.1) is 13.7 Å². The third-order valence-electron chi connectivity index (χ3n) is 2.08. The average Bonchev–Trinajstić information content (AvgIpc) is 2.36. The highest BCUT2D eigenvalue weighted by Crippen LogP contribution is 2.16. The number of methoxy groups -OCH3 is 1. The second-order valence-electron chi connectivity index (χ2n) is 3.35. The number of ether oxygens (including phenoxy) is 3. The summed E-state index contributed by atoms with van der Waals surface area (Å²) in [6.45, 7) is 2.13. The molecule has 1 aromatic rings. The molecular weight excluding hydrogens is 222 g/mol. The summed E-state index contributed by atoms with van der Waals surface area (Å²) < 4.78 is 15.1. The molecule has 0 aliphatic carbocycles. The number of benzene rings is 1. The zero-order chi connectivity index (χ0) is 12.7. The first-order valence-corrected chi connectivity index (χ1v) is 5.36. The molecule has 1 aromatic carbocycles. The Kier molecular flexibility index (Phi) is 5.29. The minimum atomic E-state index is -0.767. The van der Waals surface area contributed by atoms with Gasteiger partial charge in [0.2, 0.25) is 0 Å². The smallest absolute Gasteiger partial charge is 0.326 e. The van der Waals surface area contributed by atoms with Crippen LogP contribution in [0.25, 0.3) is 0 Å². The molecule has 1 rings (SSSR count). The van der Waals surface area contributed by atoms with Gasteiger partial charge in [-0.3, -0.25) is 4.79 Å². The van der Waals surface area contributed by atoms with Crippen LogP contribution in [0.2, 0.25) is 0 Å². The predicted molar refractivity (Wildman–Crippen MR) is 63.1 cm³/mol. The molecule has 5 nitrogen and oxygen atoms in total. The van der Waals surface area contributed by atoms with E-state index in [1.54, 1.807) is 38.3 Å². The average molecular weight is 239 g/mol. The number of carbonyl (C=O) groups is 1. The van der Waals surface area contributed by atoms with Gasteiger partial charge >= 0.3 is 5.97 Å². The number of hydrogen-bond acceptors (Lipinski definition) is 5. The molecule has 0 heterocycles. The van der Waals surface area contributed by atoms with Gasteiger partial charge in [-0.15, -0.1) is 0 Å². The van der Waals surface area contributed by atoms with Crippen molar-refractivity contribution >= 4 is 5.97 Å². The third-order valence-corrected chi connectivity index (χ3v) is 2.08. The van der Waals surface area contributed by atoms with E-state index in [0.29, 0.717) is 12.4 Å². The zero-order valence-corrected chi connectivity index (χ0v) is 10.0. The maximum absolute atomic E-state index is 11.2. The summed E-state index contributed by atoms with van der Waals surface area (Å²) in [5, 5.41) is 0. The molecule has 94 valence electrons. The lowest BCUT2D eigenvalue weighted by Crippen LogP contribution is -2.37. The van der Waals surface area contributed by atoms with Crippen LogP contribution < -0.4 is 15.2 Å². The molecule has 17 heavy (non-hydrogen) atoms. The summed E-state index contributed by atoms with van der Waals surface area (Å²) in [7, 11) is 1.59. The summed E-state index contributed by atoms with van der Waals surface area (Å²) in [6.07, 6.45) is 0. The Bertz CT molecular complexity index is 350. The normalized spacial score (nSPS) is 11.7. The Balaban J connectivity index is 2.41. The molecule has 0 saturated heterocycles. The van der Waals surface area contributed by atoms with Gasteiger partial charge in [-0.05, 0) is 31.2 Å². The number of nitrogens with two attached hydrogens (primary N) is 1. The highest BCUT2D eigenvalue weighted by molar-refractivity contribution is 5.75. The number of hydrogen-bond donors (Lipinski definition) is 1. The zero-order valence-electron chi connectivity index (χ0n) is 10.0. The summed E-state index contributed by atoms with van der Waals surface area (Å²) in [6, 6.07) is 6.26. The highest BCUT2D eigenvalue weighted by atomic mass is 16.5. The molecule has 0 aromatic heterocycles. The van der Waals surface area contributed by atoms with Crippen LogP contribution in [0.1, 0.15) is 6.92 Å². The van der Waals surface area contributed by atoms with E-state index in [2.05, 4.69) is 0 Å². The molecule has 0 radical (unpaired) electrons. The van der Waals surface area contributed by atoms with Gasteiger partial charge in [-0.1, -0.05) is 0 Å². The first-order chi connectivity index (χ1) is 8.17. The van der Waals surface area contributed by atoms with Gasteiger partial charge in [0, 0.05) is 0 Å². The molecule has 0 fully saturated rings. The fraction of sp³-hybridized carbons (Fsp3) is 0.417. The molecular formula is C12H17NO4. The van der Waals surface area contributed by atoms with Crippen molar-refractivity contribution in [2.24, 2.45) is 5.73 Å². The van der Waals surface area contributed by atoms with E-state index in [1.165, 1.54) is 0 Å². The molecule has 0 aliphatic heterocycles. The van der Waals surface area contributed by atoms with E-state index in [-0.39, 0.29) is 6.61 Å². The van der Waals surface area contributed by atoms with Crippen molar-refractivity contribution in [1.29, 1.82) is 0 Å². The Hall–Kier alpha value is -1.75. The molecule has 5 heteroatoms. The maximum Gasteiger partial charge on any atom is 0.326 e. The van der Waals surface area contributed by atoms with Gasteiger partial charge in [0.15, 0.2) is 0 Å². The first-order valence-electron chi connectivity index (χ1n) is 5.36. The molecule has 1 atom stereocenters. The molecule has 0 spiro atoms. The Morgan fingerprint density at radius 3 is 2.41 bits per heavy atom. The fourth-order valence-electron chi connectivity index (χ4n) is 1.18. The van der Waals surface area contributed by atoms with Gasteiger partial charge < -0.3 is 19.9 Å². The predicted octanol–water partition coefficient (Wildman–Crippen LogP) is 0.964. The monoisotopic (exact) mass is 239 g/mol. The van der Waals surface area contributed by atoms with Crippen molar-refractivity contribution in [3.05, 3.63) is 24.3 Å². The molecule has 0 aliphatic rings. The standard InChI is InChI=1S/C12H17NO4/c1-3-16-12(14)11(13)8-17-10-6-4-9(15-2)5-7-10/h4-7,11H,3,8,13H2,1-2H3. The van der Waals surface area contributed by atoms with E-state index < -0.39 is 12.0 Å². The van der Waals surface area contributed by atoms with Crippen molar-refractivity contribution < 1.29 is 19.0 Å². The highest BCUT2D eigenvalue weighted by Gasteiger charge is 2.14. The first kappa shape index (κ1) is 13.3. The molecule has 0 saturated carbocycles. The largest absolute Gasteiger partial charge is 0.497 e. The van der Waals surface area contributed by atoms with E-state index in [1.807, 2.05) is 0 Å². The molecule has 2 N–H and O–H groups in total. The van der Waals surface area contributed by atoms with Gasteiger partial charge in [-0.25, -0.2) is 0 Å². The molecule has 0 amide bonds. The van der Waals surface area contributed by atoms with Crippen LogP contribution in [0.15, 0.2) is 24.3 Å². The van der Waals surface area contributed by atoms with Crippen molar-refractivity contribution in [2.75, 3.05) is 20.3 Å². The molecule has 0 bridgehead atoms. The fourth-order valence-corrected chi connectivity index (χ4v) is 1.18. The number of rotatable bonds is 6. The Morgan fingerprint density at radius 2 is 1.88 bits per heavy atom. The van der Waals surface area contributed by atoms with Crippen LogP contribution in [-0.2, 0) is 9.53 Å². The minimum absolute atomic E-state index is 0.0885. The van der Waals surface area contributed by atoms with Crippen LogP contribution in [0.3, 0.4) is 0 Å². The second kappa shape index (κ2) is 6.75. The second-order valence-corrected chi connectivity index (χ2v) is 3.35. The number of esters is 1. The van der Waals surface area contributed by atoms with Crippen LogP contribution >= 0.6 is 0 Å². The van der Waals surface area contributed by atoms with Gasteiger partial charge in [0.1, 0.15) is 24.1 Å². The van der Waals surface area contributed by atoms with Gasteiger partial charge in [0.25, 0.3) is 0 Å². The number of carbonyl (C=O) groups excluding carboxylic acids is 1. The topological polar surface area (TPSA) is 70.8 Å². The van der Waals surface area contributed by atoms with Crippen LogP contribution in [0.4, 0.5) is 0 Å². The SMILES string of the molecule is CCOC(=O)C(N)COc1ccc(OC)cc1. The molecule has 1 unspecified atom stereocenters. The van der Waals surface area contributed by atoms with Crippen molar-refractivity contribution in [2.45, 2.75) is 13.0 Å². The van der Waals surface area contributed by atoms with Crippen molar-refractivity contribution in [3.8, 4) is 11.5 Å². The van der Waals surface area contributed by atoms with E-state index in [0.717, 1.165) is 5.75 Å². The van der Waals surface area contributed by atoms with E-state index in [4.69, 9.17) is 19.9 Å². The van der Waals surface area contributed by atoms with Crippen molar-refractivity contribution in [3.63, 3.8) is 0 Å². The Morgan fingerprint density at radius 1 is 1.29 bits per heavy atom. The van der Waals surface area contributed by atoms with Crippen LogP contribution in [0.5, 0.6) is 11.5 Å². The Labute approximate surface area is 100 Å². The summed E-state index contributed by atoms with van der Waals surface area (Å²) in [4.78, 5) is 11.2. The third kappa shape index (κ3) is 4.32. The van der Waals surface area contributed by atoms with E-state index >= 15 is 0 Å². The van der Waals surface area contributed by atoms with Gasteiger partial charge in [-0.2, -0.15) is 0 Å². The van der Waals surface area contributed by atoms with Crippen molar-refractivity contribution in [1.82, 2.24) is 0 Å². The summed E-state index contributed by atoms with van der Waals surface area (Å²) >= 11 is 0. The van der Waals surface area contributed by atoms with E-state index in [9.17, 15) is 4.79 Å². The van der Waals surface area contributed by atoms with Crippen LogP contribution in [-0.4, -0.2) is 32.3 Å². The maximum atomic E-state index is 11.2. The summed E-state index contributed by atoms with van der Waals surface area (Å²) in [5.74, 6) is 0.915. The lowest BCUT2D eigenvalue weighted by molar-refractivity contribution is -0.145. The summed E-state index contributed by atoms with van der Waals surface area (Å²) in [5.41, 5.74) is 5.58. The quantitative estimate of drug-likeness (QED) is 0.749.